The lowest BCUT2D eigenvalue weighted by atomic mass is 10.0. The third-order valence-electron chi connectivity index (χ3n) is 7.18. The number of hydrogen-bond donors (Lipinski definition) is 1. The third-order valence-corrected chi connectivity index (χ3v) is 7.18. The highest BCUT2D eigenvalue weighted by atomic mass is 19.1. The van der Waals surface area contributed by atoms with Crippen molar-refractivity contribution in [1.29, 1.82) is 0 Å². The first-order valence-corrected chi connectivity index (χ1v) is 12.4. The minimum Gasteiger partial charge on any atom is -0.351 e. The fraction of sp³-hybridized carbons (Fsp3) is 0.370. The fourth-order valence-corrected chi connectivity index (χ4v) is 5.36. The van der Waals surface area contributed by atoms with Gasteiger partial charge in [0.15, 0.2) is 5.65 Å². The Bertz CT molecular complexity index is 1350. The molecule has 3 atom stereocenters. The summed E-state index contributed by atoms with van der Waals surface area (Å²) in [5.74, 6) is 1.64. The minimum absolute atomic E-state index is 0.111. The summed E-state index contributed by atoms with van der Waals surface area (Å²) in [7, 11) is 0. The number of hydrogen-bond acceptors (Lipinski definition) is 6. The molecule has 35 heavy (non-hydrogen) atoms. The molecule has 0 spiro atoms. The molecule has 1 aromatic carbocycles. The van der Waals surface area contributed by atoms with Crippen molar-refractivity contribution in [1.82, 2.24) is 24.9 Å². The molecule has 0 saturated carbocycles. The summed E-state index contributed by atoms with van der Waals surface area (Å²) in [6.07, 6.45) is 3.86. The number of piperazine rings is 1. The molecule has 6 rings (SSSR count). The smallest absolute Gasteiger partial charge is 0.154 e. The van der Waals surface area contributed by atoms with E-state index in [0.717, 1.165) is 66.7 Å². The second-order valence-electron chi connectivity index (χ2n) is 9.70. The Morgan fingerprint density at radius 3 is 2.77 bits per heavy atom. The normalized spacial score (nSPS) is 22.8. The summed E-state index contributed by atoms with van der Waals surface area (Å²) in [5, 5.41) is 8.51. The lowest BCUT2D eigenvalue weighted by molar-refractivity contribution is 0.423. The molecule has 2 saturated heterocycles. The zero-order valence-corrected chi connectivity index (χ0v) is 20.1. The Kier molecular flexibility index (Phi) is 5.60. The van der Waals surface area contributed by atoms with Crippen LogP contribution >= 0.6 is 0 Å². The van der Waals surface area contributed by atoms with Crippen molar-refractivity contribution in [3.05, 3.63) is 72.2 Å². The van der Waals surface area contributed by atoms with Gasteiger partial charge >= 0.3 is 0 Å². The number of anilines is 2. The summed E-state index contributed by atoms with van der Waals surface area (Å²) >= 11 is 0. The minimum atomic E-state index is -0.200. The molecule has 2 fully saturated rings. The number of imidazole rings is 1. The van der Waals surface area contributed by atoms with Crippen LogP contribution < -0.4 is 15.1 Å². The van der Waals surface area contributed by atoms with Gasteiger partial charge in [-0.3, -0.25) is 0 Å². The number of pyridine rings is 1. The number of nitrogens with zero attached hydrogens (tertiary/aromatic N) is 6. The maximum absolute atomic E-state index is 13.9. The maximum atomic E-state index is 13.9. The van der Waals surface area contributed by atoms with Crippen LogP contribution in [-0.4, -0.2) is 51.3 Å². The Morgan fingerprint density at radius 1 is 1.00 bits per heavy atom. The van der Waals surface area contributed by atoms with Crippen LogP contribution in [0.5, 0.6) is 0 Å². The molecule has 2 aliphatic heterocycles. The largest absolute Gasteiger partial charge is 0.351 e. The molecule has 0 bridgehead atoms. The molecule has 5 heterocycles. The van der Waals surface area contributed by atoms with Crippen molar-refractivity contribution in [2.24, 2.45) is 0 Å². The van der Waals surface area contributed by atoms with Gasteiger partial charge in [0.2, 0.25) is 0 Å². The van der Waals surface area contributed by atoms with Gasteiger partial charge in [-0.15, -0.1) is 5.10 Å². The lowest BCUT2D eigenvalue weighted by Gasteiger charge is -2.38. The molecule has 1 unspecified atom stereocenters. The highest BCUT2D eigenvalue weighted by Crippen LogP contribution is 2.35. The molecule has 0 amide bonds. The summed E-state index contributed by atoms with van der Waals surface area (Å²) < 4.78 is 15.8. The van der Waals surface area contributed by atoms with Crippen LogP contribution in [0.4, 0.5) is 16.0 Å². The van der Waals surface area contributed by atoms with Gasteiger partial charge in [0.25, 0.3) is 0 Å². The number of aromatic nitrogens is 4. The van der Waals surface area contributed by atoms with E-state index in [0.29, 0.717) is 12.1 Å². The first-order valence-electron chi connectivity index (χ1n) is 12.4. The molecular weight excluding hydrogens is 441 g/mol. The van der Waals surface area contributed by atoms with Gasteiger partial charge in [-0.2, -0.15) is 0 Å². The monoisotopic (exact) mass is 471 g/mol. The first kappa shape index (κ1) is 22.0. The van der Waals surface area contributed by atoms with Gasteiger partial charge in [0.05, 0.1) is 17.9 Å². The first-order chi connectivity index (χ1) is 17.1. The van der Waals surface area contributed by atoms with E-state index in [9.17, 15) is 4.39 Å². The number of nitrogens with one attached hydrogen (secondary N) is 1. The summed E-state index contributed by atoms with van der Waals surface area (Å²) in [5.41, 5.74) is 3.48. The lowest BCUT2D eigenvalue weighted by Crippen LogP contribution is -2.54. The van der Waals surface area contributed by atoms with Crippen LogP contribution in [0.3, 0.4) is 0 Å². The Hall–Kier alpha value is -3.52. The van der Waals surface area contributed by atoms with E-state index < -0.39 is 0 Å². The average molecular weight is 472 g/mol. The molecule has 0 radical (unpaired) electrons. The van der Waals surface area contributed by atoms with Gasteiger partial charge in [0, 0.05) is 31.7 Å². The van der Waals surface area contributed by atoms with Crippen LogP contribution in [0.2, 0.25) is 0 Å². The van der Waals surface area contributed by atoms with Gasteiger partial charge < -0.3 is 15.1 Å². The summed E-state index contributed by atoms with van der Waals surface area (Å²) in [6, 6.07) is 18.0. The molecular formula is C27H30FN7. The molecule has 8 heteroatoms. The Balaban J connectivity index is 1.35. The van der Waals surface area contributed by atoms with Gasteiger partial charge in [-0.1, -0.05) is 18.2 Å². The number of benzene rings is 1. The zero-order valence-electron chi connectivity index (χ0n) is 20.1. The van der Waals surface area contributed by atoms with E-state index >= 15 is 0 Å². The quantitative estimate of drug-likeness (QED) is 0.474. The Morgan fingerprint density at radius 2 is 1.89 bits per heavy atom. The number of fused-ring (bicyclic) bond motifs is 1. The van der Waals surface area contributed by atoms with E-state index in [2.05, 4.69) is 46.1 Å². The van der Waals surface area contributed by atoms with E-state index in [1.807, 2.05) is 35.0 Å². The number of rotatable bonds is 4. The molecule has 1 N–H and O–H groups in total. The zero-order chi connectivity index (χ0) is 23.9. The highest BCUT2D eigenvalue weighted by molar-refractivity contribution is 5.63. The average Bonchev–Trinajstić information content (AvgIpc) is 3.53. The maximum Gasteiger partial charge on any atom is 0.154 e. The van der Waals surface area contributed by atoms with Gasteiger partial charge in [-0.05, 0) is 68.7 Å². The standard InChI is InChI=1S/C27H30FN7/c1-18-17-34(19(2)15-29-18)26-10-4-8-22(31-26)24-16-30-25-11-12-27(32-35(24)25)33-13-5-9-23(33)20-6-3-7-21(28)14-20/h3-4,6-8,10-12,14,16,18-19,23,29H,5,9,13,15,17H2,1-2H3/t18-,19+,23?/m0/s1. The topological polar surface area (TPSA) is 61.6 Å². The van der Waals surface area contributed by atoms with Crippen LogP contribution in [-0.2, 0) is 0 Å². The molecule has 3 aromatic heterocycles. The van der Waals surface area contributed by atoms with E-state index in [1.54, 1.807) is 12.1 Å². The summed E-state index contributed by atoms with van der Waals surface area (Å²) in [6.45, 7) is 7.17. The molecule has 4 aromatic rings. The van der Waals surface area contributed by atoms with E-state index in [-0.39, 0.29) is 11.9 Å². The van der Waals surface area contributed by atoms with Gasteiger partial charge in [-0.25, -0.2) is 18.9 Å². The molecule has 2 aliphatic rings. The van der Waals surface area contributed by atoms with Crippen LogP contribution in [0.15, 0.2) is 60.8 Å². The molecule has 180 valence electrons. The predicted molar refractivity (Wildman–Crippen MR) is 136 cm³/mol. The van der Waals surface area contributed by atoms with Crippen molar-refractivity contribution in [3.63, 3.8) is 0 Å². The second kappa shape index (κ2) is 8.92. The van der Waals surface area contributed by atoms with Gasteiger partial charge in [0.1, 0.15) is 23.1 Å². The van der Waals surface area contributed by atoms with Crippen molar-refractivity contribution in [3.8, 4) is 11.4 Å². The molecule has 7 nitrogen and oxygen atoms in total. The third kappa shape index (κ3) is 4.12. The van der Waals surface area contributed by atoms with Crippen molar-refractivity contribution in [2.45, 2.75) is 44.8 Å². The predicted octanol–water partition coefficient (Wildman–Crippen LogP) is 4.46. The van der Waals surface area contributed by atoms with Crippen molar-refractivity contribution in [2.75, 3.05) is 29.4 Å². The number of halogens is 1. The molecule has 0 aliphatic carbocycles. The van der Waals surface area contributed by atoms with Crippen molar-refractivity contribution < 1.29 is 4.39 Å². The fourth-order valence-electron chi connectivity index (χ4n) is 5.36. The van der Waals surface area contributed by atoms with E-state index in [4.69, 9.17) is 10.1 Å². The van der Waals surface area contributed by atoms with E-state index in [1.165, 1.54) is 6.07 Å². The Labute approximate surface area is 204 Å². The van der Waals surface area contributed by atoms with Crippen LogP contribution in [0, 0.1) is 5.82 Å². The second-order valence-corrected chi connectivity index (χ2v) is 9.70. The van der Waals surface area contributed by atoms with Crippen LogP contribution in [0.25, 0.3) is 17.0 Å². The highest BCUT2D eigenvalue weighted by Gasteiger charge is 2.28. The van der Waals surface area contributed by atoms with Crippen LogP contribution in [0.1, 0.15) is 38.3 Å². The SMILES string of the molecule is C[C@@H]1CN[C@@H](C)CN1c1cccc(-c2cnc3ccc(N4CCCC4c4cccc(F)c4)nn23)n1. The summed E-state index contributed by atoms with van der Waals surface area (Å²) in [4.78, 5) is 14.2. The van der Waals surface area contributed by atoms with Crippen molar-refractivity contribution >= 4 is 17.3 Å².